The molecule has 0 heterocycles. The molecule has 0 N–H and O–H groups in total. The molecule has 0 saturated carbocycles. The summed E-state index contributed by atoms with van der Waals surface area (Å²) in [6, 6.07) is 0.632. The van der Waals surface area contributed by atoms with Gasteiger partial charge in [0.15, 0.2) is 0 Å². The Morgan fingerprint density at radius 1 is 0.773 bits per heavy atom. The first-order valence-electron chi connectivity index (χ1n) is 5.09. The van der Waals surface area contributed by atoms with Crippen LogP contribution in [0.25, 0.3) is 0 Å². The molecular formula is C11H3Cl2F7O2. The summed E-state index contributed by atoms with van der Waals surface area (Å²) in [5.74, 6) is -12.2. The Hall–Kier alpha value is -1.35. The molecule has 0 aliphatic rings. The molecule has 122 valence electrons. The second-order valence-electron chi connectivity index (χ2n) is 3.99. The van der Waals surface area contributed by atoms with E-state index >= 15 is 0 Å². The van der Waals surface area contributed by atoms with Crippen molar-refractivity contribution in [3.63, 3.8) is 0 Å². The summed E-state index contributed by atoms with van der Waals surface area (Å²) >= 11 is 9.92. The molecule has 0 atom stereocenters. The van der Waals surface area contributed by atoms with Gasteiger partial charge in [-0.2, -0.15) is 30.7 Å². The molecule has 2 nitrogen and oxygen atoms in total. The first-order valence-corrected chi connectivity index (χ1v) is 5.85. The van der Waals surface area contributed by atoms with Crippen molar-refractivity contribution in [3.8, 4) is 0 Å². The second kappa shape index (κ2) is 5.69. The normalized spacial score (nSPS) is 13.1. The lowest BCUT2D eigenvalue weighted by molar-refractivity contribution is -0.359. The van der Waals surface area contributed by atoms with Gasteiger partial charge in [-0.15, -0.1) is 0 Å². The van der Waals surface area contributed by atoms with Gasteiger partial charge in [0.25, 0.3) is 10.5 Å². The lowest BCUT2D eigenvalue weighted by atomic mass is 9.97. The predicted molar refractivity (Wildman–Crippen MR) is 61.7 cm³/mol. The Labute approximate surface area is 127 Å². The number of benzene rings is 1. The summed E-state index contributed by atoms with van der Waals surface area (Å²) in [5.41, 5.74) is -3.70. The van der Waals surface area contributed by atoms with Crippen molar-refractivity contribution in [2.45, 2.75) is 18.0 Å². The smallest absolute Gasteiger partial charge is 0.276 e. The highest BCUT2D eigenvalue weighted by Crippen LogP contribution is 2.52. The van der Waals surface area contributed by atoms with Gasteiger partial charge < -0.3 is 0 Å². The monoisotopic (exact) mass is 370 g/mol. The maximum Gasteiger partial charge on any atom is 0.460 e. The lowest BCUT2D eigenvalue weighted by Gasteiger charge is -2.28. The number of hydrogen-bond acceptors (Lipinski definition) is 2. The van der Waals surface area contributed by atoms with Crippen molar-refractivity contribution in [2.24, 2.45) is 0 Å². The van der Waals surface area contributed by atoms with E-state index in [9.17, 15) is 40.3 Å². The van der Waals surface area contributed by atoms with E-state index in [4.69, 9.17) is 23.2 Å². The Morgan fingerprint density at radius 3 is 1.41 bits per heavy atom. The second-order valence-corrected chi connectivity index (χ2v) is 4.68. The van der Waals surface area contributed by atoms with Crippen molar-refractivity contribution in [1.29, 1.82) is 0 Å². The summed E-state index contributed by atoms with van der Waals surface area (Å²) in [6.07, 6.45) is -6.57. The first kappa shape index (κ1) is 18.7. The van der Waals surface area contributed by atoms with Crippen molar-refractivity contribution >= 4 is 33.7 Å². The van der Waals surface area contributed by atoms with Crippen LogP contribution in [-0.2, 0) is 5.92 Å². The molecule has 11 heteroatoms. The van der Waals surface area contributed by atoms with Crippen LogP contribution in [0.4, 0.5) is 30.7 Å². The van der Waals surface area contributed by atoms with E-state index in [0.29, 0.717) is 6.07 Å². The molecule has 0 fully saturated rings. The standard InChI is InChI=1S/C11H3Cl2F7O2/c12-7(21)4-1-5(8(13)22)3-6(2-4)9(14,15)10(16,17)11(18,19)20/h1-3H. The third-order valence-electron chi connectivity index (χ3n) is 2.50. The summed E-state index contributed by atoms with van der Waals surface area (Å²) < 4.78 is 89.3. The molecule has 1 rings (SSSR count). The highest BCUT2D eigenvalue weighted by atomic mass is 35.5. The summed E-state index contributed by atoms with van der Waals surface area (Å²) in [4.78, 5) is 21.8. The van der Waals surface area contributed by atoms with Crippen LogP contribution in [0.1, 0.15) is 26.3 Å². The molecule has 0 unspecified atom stereocenters. The van der Waals surface area contributed by atoms with E-state index in [-0.39, 0.29) is 12.1 Å². The van der Waals surface area contributed by atoms with Crippen LogP contribution in [-0.4, -0.2) is 22.6 Å². The zero-order valence-corrected chi connectivity index (χ0v) is 11.5. The van der Waals surface area contributed by atoms with E-state index in [1.807, 2.05) is 0 Å². The number of rotatable bonds is 4. The van der Waals surface area contributed by atoms with Crippen LogP contribution >= 0.6 is 23.2 Å². The number of carbonyl (C=O) groups is 2. The van der Waals surface area contributed by atoms with Gasteiger partial charge in [-0.3, -0.25) is 9.59 Å². The fourth-order valence-electron chi connectivity index (χ4n) is 1.40. The summed E-state index contributed by atoms with van der Waals surface area (Å²) in [6.45, 7) is 0. The highest BCUT2D eigenvalue weighted by molar-refractivity contribution is 6.69. The number of hydrogen-bond donors (Lipinski definition) is 0. The Morgan fingerprint density at radius 2 is 1.14 bits per heavy atom. The third kappa shape index (κ3) is 3.19. The molecule has 1 aromatic carbocycles. The fourth-order valence-corrected chi connectivity index (χ4v) is 1.61. The van der Waals surface area contributed by atoms with Crippen LogP contribution in [0.15, 0.2) is 18.2 Å². The molecule has 1 aromatic rings. The average molecular weight is 371 g/mol. The molecule has 0 saturated heterocycles. The van der Waals surface area contributed by atoms with Gasteiger partial charge in [0.05, 0.1) is 0 Å². The minimum atomic E-state index is -6.57. The molecular weight excluding hydrogens is 368 g/mol. The van der Waals surface area contributed by atoms with E-state index < -0.39 is 45.2 Å². The Bertz CT molecular complexity index is 593. The van der Waals surface area contributed by atoms with Crippen molar-refractivity contribution in [1.82, 2.24) is 0 Å². The van der Waals surface area contributed by atoms with Gasteiger partial charge in [0.1, 0.15) is 0 Å². The molecule has 0 aliphatic heterocycles. The van der Waals surface area contributed by atoms with Gasteiger partial charge in [0.2, 0.25) is 0 Å². The maximum atomic E-state index is 13.5. The minimum absolute atomic E-state index is 0.0261. The maximum absolute atomic E-state index is 13.5. The SMILES string of the molecule is O=C(Cl)c1cc(C(=O)Cl)cc(C(F)(F)C(F)(F)C(F)(F)F)c1. The van der Waals surface area contributed by atoms with Gasteiger partial charge in [-0.05, 0) is 41.4 Å². The summed E-state index contributed by atoms with van der Waals surface area (Å²) in [5, 5.41) is -2.90. The molecule has 22 heavy (non-hydrogen) atoms. The molecule has 0 spiro atoms. The zero-order valence-electron chi connectivity index (χ0n) is 9.95. The zero-order chi connectivity index (χ0) is 17.5. The Balaban J connectivity index is 3.60. The van der Waals surface area contributed by atoms with E-state index in [0.717, 1.165) is 0 Å². The van der Waals surface area contributed by atoms with Crippen molar-refractivity contribution < 1.29 is 40.3 Å². The fraction of sp³-hybridized carbons (Fsp3) is 0.273. The first-order chi connectivity index (χ1) is 9.71. The van der Waals surface area contributed by atoms with Crippen LogP contribution in [0.2, 0.25) is 0 Å². The van der Waals surface area contributed by atoms with Crippen molar-refractivity contribution in [3.05, 3.63) is 34.9 Å². The van der Waals surface area contributed by atoms with Gasteiger partial charge in [-0.25, -0.2) is 0 Å². The van der Waals surface area contributed by atoms with E-state index in [1.165, 1.54) is 0 Å². The van der Waals surface area contributed by atoms with Crippen LogP contribution < -0.4 is 0 Å². The van der Waals surface area contributed by atoms with Crippen LogP contribution in [0.3, 0.4) is 0 Å². The third-order valence-corrected chi connectivity index (χ3v) is 2.94. The molecule has 0 radical (unpaired) electrons. The van der Waals surface area contributed by atoms with Crippen LogP contribution in [0, 0.1) is 0 Å². The van der Waals surface area contributed by atoms with E-state index in [1.54, 1.807) is 0 Å². The quantitative estimate of drug-likeness (QED) is 0.566. The highest BCUT2D eigenvalue weighted by Gasteiger charge is 2.73. The van der Waals surface area contributed by atoms with Crippen molar-refractivity contribution in [2.75, 3.05) is 0 Å². The topological polar surface area (TPSA) is 34.1 Å². The van der Waals surface area contributed by atoms with Gasteiger partial charge in [0, 0.05) is 16.7 Å². The minimum Gasteiger partial charge on any atom is -0.276 e. The Kier molecular flexibility index (Phi) is 4.84. The molecule has 0 aromatic heterocycles. The molecule has 0 amide bonds. The summed E-state index contributed by atoms with van der Waals surface area (Å²) in [7, 11) is 0. The molecule has 0 aliphatic carbocycles. The van der Waals surface area contributed by atoms with Gasteiger partial charge >= 0.3 is 18.0 Å². The van der Waals surface area contributed by atoms with E-state index in [2.05, 4.69) is 0 Å². The lowest BCUT2D eigenvalue weighted by Crippen LogP contribution is -2.50. The predicted octanol–water partition coefficient (Wildman–Crippen LogP) is 4.73. The number of carbonyl (C=O) groups excluding carboxylic acids is 2. The average Bonchev–Trinajstić information content (AvgIpc) is 2.36. The van der Waals surface area contributed by atoms with Gasteiger partial charge in [-0.1, -0.05) is 0 Å². The van der Waals surface area contributed by atoms with Crippen LogP contribution in [0.5, 0.6) is 0 Å². The molecule has 0 bridgehead atoms. The number of alkyl halides is 7. The number of halogens is 9. The largest absolute Gasteiger partial charge is 0.460 e.